The van der Waals surface area contributed by atoms with Crippen molar-refractivity contribution in [3.8, 4) is 0 Å². The third-order valence-corrected chi connectivity index (χ3v) is 2.37. The zero-order chi connectivity index (χ0) is 13.5. The molecule has 1 heterocycles. The minimum atomic E-state index is -0.367. The van der Waals surface area contributed by atoms with Gasteiger partial charge in [0.1, 0.15) is 0 Å². The van der Waals surface area contributed by atoms with Gasteiger partial charge in [-0.25, -0.2) is 5.43 Å². The van der Waals surface area contributed by atoms with E-state index in [0.717, 1.165) is 11.1 Å². The van der Waals surface area contributed by atoms with Crippen LogP contribution in [0.5, 0.6) is 0 Å². The van der Waals surface area contributed by atoms with Crippen molar-refractivity contribution in [2.45, 2.75) is 6.92 Å². The topological polar surface area (TPSA) is 54.6 Å². The molecule has 0 radical (unpaired) electrons. The SMILES string of the molecule is C/C(C=NNC(=O)c1ccco1)=C\c1ccccc1. The summed E-state index contributed by atoms with van der Waals surface area (Å²) in [5.41, 5.74) is 4.42. The van der Waals surface area contributed by atoms with Gasteiger partial charge in [-0.2, -0.15) is 5.10 Å². The van der Waals surface area contributed by atoms with Crippen molar-refractivity contribution in [1.82, 2.24) is 5.43 Å². The summed E-state index contributed by atoms with van der Waals surface area (Å²) < 4.78 is 4.95. The maximum Gasteiger partial charge on any atom is 0.307 e. The molecule has 1 aromatic heterocycles. The molecule has 0 spiro atoms. The van der Waals surface area contributed by atoms with Gasteiger partial charge in [-0.1, -0.05) is 36.4 Å². The van der Waals surface area contributed by atoms with E-state index in [1.807, 2.05) is 43.3 Å². The predicted molar refractivity (Wildman–Crippen MR) is 74.8 cm³/mol. The number of nitrogens with one attached hydrogen (secondary N) is 1. The molecule has 2 rings (SSSR count). The zero-order valence-electron chi connectivity index (χ0n) is 10.5. The van der Waals surface area contributed by atoms with Crippen molar-refractivity contribution in [3.05, 3.63) is 65.6 Å². The van der Waals surface area contributed by atoms with Gasteiger partial charge < -0.3 is 4.42 Å². The molecule has 1 aromatic carbocycles. The van der Waals surface area contributed by atoms with Crippen LogP contribution in [0.2, 0.25) is 0 Å². The largest absolute Gasteiger partial charge is 0.459 e. The number of benzene rings is 1. The van der Waals surface area contributed by atoms with Gasteiger partial charge in [-0.3, -0.25) is 4.79 Å². The Morgan fingerprint density at radius 1 is 1.21 bits per heavy atom. The van der Waals surface area contributed by atoms with E-state index in [9.17, 15) is 4.79 Å². The Morgan fingerprint density at radius 3 is 2.68 bits per heavy atom. The zero-order valence-corrected chi connectivity index (χ0v) is 10.5. The second-order valence-electron chi connectivity index (χ2n) is 3.98. The number of rotatable bonds is 4. The summed E-state index contributed by atoms with van der Waals surface area (Å²) in [6.45, 7) is 1.91. The van der Waals surface area contributed by atoms with Crippen molar-refractivity contribution >= 4 is 18.2 Å². The van der Waals surface area contributed by atoms with E-state index in [0.29, 0.717) is 0 Å². The number of carbonyl (C=O) groups excluding carboxylic acids is 1. The van der Waals surface area contributed by atoms with Crippen LogP contribution in [-0.2, 0) is 0 Å². The van der Waals surface area contributed by atoms with E-state index in [-0.39, 0.29) is 11.7 Å². The lowest BCUT2D eigenvalue weighted by molar-refractivity contribution is 0.0927. The first-order valence-corrected chi connectivity index (χ1v) is 5.86. The lowest BCUT2D eigenvalue weighted by Crippen LogP contribution is -2.16. The maximum absolute atomic E-state index is 11.5. The van der Waals surface area contributed by atoms with Crippen LogP contribution >= 0.6 is 0 Å². The summed E-state index contributed by atoms with van der Waals surface area (Å²) >= 11 is 0. The van der Waals surface area contributed by atoms with E-state index in [2.05, 4.69) is 10.5 Å². The molecule has 0 aliphatic carbocycles. The van der Waals surface area contributed by atoms with Crippen molar-refractivity contribution in [2.75, 3.05) is 0 Å². The summed E-state index contributed by atoms with van der Waals surface area (Å²) in [6.07, 6.45) is 5.01. The lowest BCUT2D eigenvalue weighted by atomic mass is 10.1. The quantitative estimate of drug-likeness (QED) is 0.673. The van der Waals surface area contributed by atoms with Crippen LogP contribution in [0.1, 0.15) is 23.0 Å². The Morgan fingerprint density at radius 2 is 2.00 bits per heavy atom. The van der Waals surface area contributed by atoms with E-state index in [4.69, 9.17) is 4.42 Å². The fraction of sp³-hybridized carbons (Fsp3) is 0.0667. The van der Waals surface area contributed by atoms with Crippen molar-refractivity contribution in [3.63, 3.8) is 0 Å². The van der Waals surface area contributed by atoms with Crippen LogP contribution in [0.3, 0.4) is 0 Å². The molecule has 0 saturated heterocycles. The van der Waals surface area contributed by atoms with Crippen molar-refractivity contribution in [2.24, 2.45) is 5.10 Å². The molecule has 4 nitrogen and oxygen atoms in total. The first kappa shape index (κ1) is 12.8. The second kappa shape index (κ2) is 6.35. The average molecular weight is 254 g/mol. The summed E-state index contributed by atoms with van der Waals surface area (Å²) in [5, 5.41) is 3.87. The molecule has 1 N–H and O–H groups in total. The van der Waals surface area contributed by atoms with Gasteiger partial charge in [0.2, 0.25) is 0 Å². The first-order chi connectivity index (χ1) is 9.25. The number of nitrogens with zero attached hydrogens (tertiary/aromatic N) is 1. The number of carbonyl (C=O) groups is 1. The van der Waals surface area contributed by atoms with Crippen molar-refractivity contribution in [1.29, 1.82) is 0 Å². The van der Waals surface area contributed by atoms with E-state index in [1.165, 1.54) is 6.26 Å². The number of hydrogen-bond acceptors (Lipinski definition) is 3. The van der Waals surface area contributed by atoms with E-state index >= 15 is 0 Å². The average Bonchev–Trinajstić information content (AvgIpc) is 2.93. The van der Waals surface area contributed by atoms with Gasteiger partial charge >= 0.3 is 5.91 Å². The van der Waals surface area contributed by atoms with E-state index < -0.39 is 0 Å². The van der Waals surface area contributed by atoms with Gasteiger partial charge in [0.05, 0.1) is 12.5 Å². The van der Waals surface area contributed by atoms with Crippen LogP contribution in [0, 0.1) is 0 Å². The van der Waals surface area contributed by atoms with Gasteiger partial charge in [-0.15, -0.1) is 0 Å². The van der Waals surface area contributed by atoms with Crippen LogP contribution in [-0.4, -0.2) is 12.1 Å². The van der Waals surface area contributed by atoms with Crippen molar-refractivity contribution < 1.29 is 9.21 Å². The molecular formula is C15H14N2O2. The molecule has 0 bridgehead atoms. The molecule has 19 heavy (non-hydrogen) atoms. The molecule has 0 aliphatic rings. The number of allylic oxidation sites excluding steroid dienone is 1. The number of hydrazone groups is 1. The molecule has 0 unspecified atom stereocenters. The maximum atomic E-state index is 11.5. The molecule has 2 aromatic rings. The van der Waals surface area contributed by atoms with Crippen LogP contribution < -0.4 is 5.43 Å². The number of hydrogen-bond donors (Lipinski definition) is 1. The second-order valence-corrected chi connectivity index (χ2v) is 3.98. The molecule has 0 aliphatic heterocycles. The Labute approximate surface area is 111 Å². The minimum Gasteiger partial charge on any atom is -0.459 e. The summed E-state index contributed by atoms with van der Waals surface area (Å²) in [7, 11) is 0. The smallest absolute Gasteiger partial charge is 0.307 e. The first-order valence-electron chi connectivity index (χ1n) is 5.86. The highest BCUT2D eigenvalue weighted by Gasteiger charge is 2.05. The van der Waals surface area contributed by atoms with Gasteiger partial charge in [0.15, 0.2) is 5.76 Å². The molecule has 1 amide bonds. The number of amides is 1. The molecule has 96 valence electrons. The fourth-order valence-electron chi connectivity index (χ4n) is 1.50. The predicted octanol–water partition coefficient (Wildman–Crippen LogP) is 3.10. The highest BCUT2D eigenvalue weighted by molar-refractivity contribution is 5.92. The highest BCUT2D eigenvalue weighted by Crippen LogP contribution is 2.04. The molecule has 4 heteroatoms. The van der Waals surface area contributed by atoms with Crippen LogP contribution in [0.4, 0.5) is 0 Å². The third kappa shape index (κ3) is 3.96. The molecule has 0 saturated carbocycles. The fourth-order valence-corrected chi connectivity index (χ4v) is 1.50. The Hall–Kier alpha value is -2.62. The summed E-state index contributed by atoms with van der Waals surface area (Å²) in [4.78, 5) is 11.5. The standard InChI is InChI=1S/C15H14N2O2/c1-12(10-13-6-3-2-4-7-13)11-16-17-15(18)14-8-5-9-19-14/h2-11H,1H3,(H,17,18)/b12-10+,16-11?. The molecule has 0 atom stereocenters. The monoisotopic (exact) mass is 254 g/mol. The molecule has 0 fully saturated rings. The van der Waals surface area contributed by atoms with Crippen LogP contribution in [0.15, 0.2) is 63.8 Å². The highest BCUT2D eigenvalue weighted by atomic mass is 16.3. The summed E-state index contributed by atoms with van der Waals surface area (Å²) in [5.74, 6) is -0.129. The Balaban J connectivity index is 1.92. The van der Waals surface area contributed by atoms with Gasteiger partial charge in [0.25, 0.3) is 0 Å². The third-order valence-electron chi connectivity index (χ3n) is 2.37. The van der Waals surface area contributed by atoms with Crippen LogP contribution in [0.25, 0.3) is 6.08 Å². The van der Waals surface area contributed by atoms with E-state index in [1.54, 1.807) is 18.3 Å². The molecular weight excluding hydrogens is 240 g/mol. The van der Waals surface area contributed by atoms with Gasteiger partial charge in [0, 0.05) is 0 Å². The minimum absolute atomic E-state index is 0.238. The normalized spacial score (nSPS) is 11.7. The lowest BCUT2D eigenvalue weighted by Gasteiger charge is -1.96. The Kier molecular flexibility index (Phi) is 4.29. The summed E-state index contributed by atoms with van der Waals surface area (Å²) in [6, 6.07) is 13.1. The Bertz CT molecular complexity index is 584. The van der Waals surface area contributed by atoms with Gasteiger partial charge in [-0.05, 0) is 30.2 Å². The number of furan rings is 1.